The molecule has 1 amide bonds. The Morgan fingerprint density at radius 3 is 2.27 bits per heavy atom. The van der Waals surface area contributed by atoms with E-state index in [1.165, 1.54) is 35.2 Å². The second kappa shape index (κ2) is 18.2. The lowest BCUT2D eigenvalue weighted by molar-refractivity contribution is 0.174. The molecule has 11 nitrogen and oxygen atoms in total. The summed E-state index contributed by atoms with van der Waals surface area (Å²) in [5, 5.41) is 43.4. The normalized spacial score (nSPS) is 14.8. The van der Waals surface area contributed by atoms with Crippen molar-refractivity contribution >= 4 is 27.5 Å². The van der Waals surface area contributed by atoms with Gasteiger partial charge in [-0.05, 0) is 80.2 Å². The van der Waals surface area contributed by atoms with Crippen molar-refractivity contribution in [2.75, 3.05) is 48.6 Å². The number of phenols is 2. The number of aliphatic hydroxyl groups is 1. The topological polar surface area (TPSA) is 163 Å². The highest BCUT2D eigenvalue weighted by atomic mass is 32.2. The van der Waals surface area contributed by atoms with E-state index in [4.69, 9.17) is 0 Å². The highest BCUT2D eigenvalue weighted by Gasteiger charge is 2.32. The number of para-hydroxylation sites is 1. The van der Waals surface area contributed by atoms with Crippen molar-refractivity contribution in [3.8, 4) is 22.6 Å². The fraction of sp³-hybridized carbons (Fsp3) is 0.472. The van der Waals surface area contributed by atoms with E-state index in [0.717, 1.165) is 77.4 Å². The number of anilines is 2. The van der Waals surface area contributed by atoms with E-state index in [0.29, 0.717) is 36.1 Å². The van der Waals surface area contributed by atoms with Crippen molar-refractivity contribution in [1.29, 1.82) is 0 Å². The first-order valence-electron chi connectivity index (χ1n) is 16.9. The average molecular weight is 701 g/mol. The molecule has 0 aliphatic carbocycles. The first kappa shape index (κ1) is 37.9. The molecule has 0 radical (unpaired) electrons. The number of unbranched alkanes of at least 4 members (excludes halogenated alkanes) is 6. The van der Waals surface area contributed by atoms with Gasteiger partial charge in [-0.25, -0.2) is 17.6 Å². The van der Waals surface area contributed by atoms with Gasteiger partial charge in [-0.1, -0.05) is 62.4 Å². The van der Waals surface area contributed by atoms with Crippen LogP contribution in [0, 0.1) is 5.82 Å². The van der Waals surface area contributed by atoms with Gasteiger partial charge in [-0.15, -0.1) is 0 Å². The van der Waals surface area contributed by atoms with E-state index < -0.39 is 28.0 Å². The van der Waals surface area contributed by atoms with Crippen molar-refractivity contribution in [2.45, 2.75) is 69.9 Å². The summed E-state index contributed by atoms with van der Waals surface area (Å²) < 4.78 is 40.4. The third-order valence-corrected chi connectivity index (χ3v) is 9.49. The summed E-state index contributed by atoms with van der Waals surface area (Å²) in [4.78, 5) is 16.0. The van der Waals surface area contributed by atoms with Crippen molar-refractivity contribution in [2.24, 2.45) is 0 Å². The Bertz CT molecular complexity index is 1620. The van der Waals surface area contributed by atoms with Crippen molar-refractivity contribution in [3.05, 3.63) is 72.0 Å². The highest BCUT2D eigenvalue weighted by Crippen LogP contribution is 2.37. The van der Waals surface area contributed by atoms with Crippen molar-refractivity contribution in [1.82, 2.24) is 10.2 Å². The Kier molecular flexibility index (Phi) is 14.1. The second-order valence-corrected chi connectivity index (χ2v) is 14.5. The van der Waals surface area contributed by atoms with Crippen LogP contribution in [0.3, 0.4) is 0 Å². The number of amides is 1. The van der Waals surface area contributed by atoms with E-state index in [-0.39, 0.29) is 28.9 Å². The number of likely N-dealkylation sites (tertiary alicyclic amines) is 1. The zero-order valence-corrected chi connectivity index (χ0v) is 28.8. The van der Waals surface area contributed by atoms with Gasteiger partial charge in [0.1, 0.15) is 17.3 Å². The van der Waals surface area contributed by atoms with Crippen LogP contribution in [0.25, 0.3) is 11.1 Å². The third kappa shape index (κ3) is 11.6. The van der Waals surface area contributed by atoms with Crippen LogP contribution < -0.4 is 14.9 Å². The number of hydrogen-bond donors (Lipinski definition) is 6. The predicted octanol–water partition coefficient (Wildman–Crippen LogP) is 6.28. The number of carbonyl (C=O) groups is 1. The number of rotatable bonds is 18. The minimum atomic E-state index is -3.55. The van der Waals surface area contributed by atoms with Gasteiger partial charge in [0.15, 0.2) is 0 Å². The number of carboxylic acid groups (broad SMARTS) is 1. The molecule has 49 heavy (non-hydrogen) atoms. The Morgan fingerprint density at radius 1 is 0.959 bits per heavy atom. The van der Waals surface area contributed by atoms with Gasteiger partial charge >= 0.3 is 6.09 Å². The van der Waals surface area contributed by atoms with E-state index in [1.54, 1.807) is 30.3 Å². The number of piperidine rings is 1. The number of sulfonamides is 1. The maximum atomic E-state index is 15.2. The molecule has 1 heterocycles. The van der Waals surface area contributed by atoms with Crippen LogP contribution in [0.4, 0.5) is 20.6 Å². The minimum Gasteiger partial charge on any atom is -0.508 e. The Hall–Kier alpha value is -3.91. The summed E-state index contributed by atoms with van der Waals surface area (Å²) in [6, 6.07) is 14.9. The lowest BCUT2D eigenvalue weighted by Gasteiger charge is -2.38. The predicted molar refractivity (Wildman–Crippen MR) is 190 cm³/mol. The Balaban J connectivity index is 1.09. The first-order chi connectivity index (χ1) is 23.4. The van der Waals surface area contributed by atoms with Crippen LogP contribution in [0.5, 0.6) is 11.5 Å². The largest absolute Gasteiger partial charge is 0.508 e. The molecular formula is C36H49FN4O7S. The molecule has 268 valence electrons. The number of phenolic OH excluding ortho intramolecular Hbond substituents is 2. The number of nitrogens with zero attached hydrogens (tertiary/aromatic N) is 2. The number of hydrogen-bond acceptors (Lipinski definition) is 8. The van der Waals surface area contributed by atoms with Crippen LogP contribution in [0.15, 0.2) is 60.7 Å². The maximum absolute atomic E-state index is 15.2. The van der Waals surface area contributed by atoms with E-state index in [1.807, 2.05) is 0 Å². The molecule has 0 aromatic heterocycles. The van der Waals surface area contributed by atoms with E-state index in [2.05, 4.69) is 14.9 Å². The third-order valence-electron chi connectivity index (χ3n) is 8.90. The maximum Gasteiger partial charge on any atom is 0.412 e. The first-order valence-corrected chi connectivity index (χ1v) is 18.8. The SMILES string of the molecule is CS(=O)(=O)Nc1cc([C@H](O)CNCCCCCCCCCN2CCC(N(C(=O)O)c3c(F)cccc3-c3ccc(O)cc3)CC2)ccc1O. The van der Waals surface area contributed by atoms with Gasteiger partial charge in [0.2, 0.25) is 10.0 Å². The van der Waals surface area contributed by atoms with Crippen molar-refractivity contribution in [3.63, 3.8) is 0 Å². The summed E-state index contributed by atoms with van der Waals surface area (Å²) in [5.74, 6) is -0.707. The quantitative estimate of drug-likeness (QED) is 0.0663. The lowest BCUT2D eigenvalue weighted by atomic mass is 9.98. The average Bonchev–Trinajstić information content (AvgIpc) is 3.05. The molecule has 3 aromatic rings. The Morgan fingerprint density at radius 2 is 1.61 bits per heavy atom. The molecule has 0 saturated carbocycles. The summed E-state index contributed by atoms with van der Waals surface area (Å²) in [7, 11) is -3.55. The van der Waals surface area contributed by atoms with Gasteiger partial charge in [-0.2, -0.15) is 0 Å². The second-order valence-electron chi connectivity index (χ2n) is 12.8. The molecular weight excluding hydrogens is 651 g/mol. The molecule has 0 bridgehead atoms. The minimum absolute atomic E-state index is 0.0364. The highest BCUT2D eigenvalue weighted by molar-refractivity contribution is 7.92. The molecule has 6 N–H and O–H groups in total. The molecule has 3 aromatic carbocycles. The van der Waals surface area contributed by atoms with Crippen LogP contribution >= 0.6 is 0 Å². The van der Waals surface area contributed by atoms with Crippen LogP contribution in [-0.4, -0.2) is 84.9 Å². The molecule has 13 heteroatoms. The molecule has 1 aliphatic heterocycles. The van der Waals surface area contributed by atoms with E-state index in [9.17, 15) is 33.6 Å². The number of aromatic hydroxyl groups is 2. The molecule has 1 fully saturated rings. The van der Waals surface area contributed by atoms with Crippen LogP contribution in [0.2, 0.25) is 0 Å². The molecule has 1 saturated heterocycles. The number of nitrogens with one attached hydrogen (secondary N) is 2. The summed E-state index contributed by atoms with van der Waals surface area (Å²) in [6.07, 6.45) is 7.91. The van der Waals surface area contributed by atoms with Gasteiger partial charge in [0.25, 0.3) is 0 Å². The summed E-state index contributed by atoms with van der Waals surface area (Å²) in [6.45, 7) is 3.54. The molecule has 0 unspecified atom stereocenters. The number of aliphatic hydroxyl groups excluding tert-OH is 1. The van der Waals surface area contributed by atoms with Crippen LogP contribution in [0.1, 0.15) is 69.5 Å². The number of benzene rings is 3. The number of halogens is 1. The van der Waals surface area contributed by atoms with Gasteiger partial charge in [-0.3, -0.25) is 9.62 Å². The fourth-order valence-corrected chi connectivity index (χ4v) is 6.90. The monoisotopic (exact) mass is 700 g/mol. The summed E-state index contributed by atoms with van der Waals surface area (Å²) in [5.41, 5.74) is 1.71. The van der Waals surface area contributed by atoms with Crippen molar-refractivity contribution < 1.29 is 38.0 Å². The standard InChI is InChI=1S/C36H49FN4O7S/c1-49(47,48)39-32-24-27(14-17-33(32)43)34(44)25-38-20-7-5-3-2-4-6-8-21-40-22-18-28(19-23-40)41(36(45)46)35-30(10-9-11-31(35)37)26-12-15-29(42)16-13-26/h9-17,24,28,34,38-39,42-44H,2-8,18-23,25H2,1H3,(H,45,46)/t34-/m1/s1. The van der Waals surface area contributed by atoms with Gasteiger partial charge in [0, 0.05) is 31.2 Å². The Labute approximate surface area is 288 Å². The van der Waals surface area contributed by atoms with E-state index >= 15 is 4.39 Å². The fourth-order valence-electron chi connectivity index (χ4n) is 6.34. The molecule has 0 spiro atoms. The zero-order chi connectivity index (χ0) is 35.4. The van der Waals surface area contributed by atoms with Crippen LogP contribution in [-0.2, 0) is 10.0 Å². The zero-order valence-electron chi connectivity index (χ0n) is 28.0. The van der Waals surface area contributed by atoms with Gasteiger partial charge in [0.05, 0.1) is 23.7 Å². The van der Waals surface area contributed by atoms with Gasteiger partial charge < -0.3 is 30.6 Å². The lowest BCUT2D eigenvalue weighted by Crippen LogP contribution is -2.47. The molecule has 1 aliphatic rings. The molecule has 1 atom stereocenters. The smallest absolute Gasteiger partial charge is 0.412 e. The molecule has 4 rings (SSSR count). The summed E-state index contributed by atoms with van der Waals surface area (Å²) >= 11 is 0.